The Morgan fingerprint density at radius 3 is 3.22 bits per heavy atom. The Hall–Kier alpha value is -1.69. The molecule has 1 amide bonds. The van der Waals surface area contributed by atoms with Crippen LogP contribution in [-0.4, -0.2) is 32.4 Å². The zero-order valence-corrected chi connectivity index (χ0v) is 11.0. The van der Waals surface area contributed by atoms with Crippen LogP contribution in [0.15, 0.2) is 17.8 Å². The van der Waals surface area contributed by atoms with E-state index in [9.17, 15) is 4.79 Å². The maximum Gasteiger partial charge on any atom is 0.274 e. The maximum absolute atomic E-state index is 12.2. The monoisotopic (exact) mass is 262 g/mol. The Morgan fingerprint density at radius 1 is 1.61 bits per heavy atom. The van der Waals surface area contributed by atoms with Gasteiger partial charge in [-0.3, -0.25) is 4.79 Å². The van der Waals surface area contributed by atoms with Gasteiger partial charge in [0, 0.05) is 37.8 Å². The number of aryl methyl sites for hydroxylation is 2. The van der Waals surface area contributed by atoms with E-state index in [1.165, 1.54) is 0 Å². The normalized spacial score (nSPS) is 13.6. The van der Waals surface area contributed by atoms with Gasteiger partial charge < -0.3 is 9.47 Å². The number of rotatable bonds is 3. The smallest absolute Gasteiger partial charge is 0.274 e. The molecule has 0 spiro atoms. The number of aromatic nitrogens is 3. The van der Waals surface area contributed by atoms with Crippen molar-refractivity contribution in [2.45, 2.75) is 25.9 Å². The molecule has 0 aromatic carbocycles. The molecule has 2 aromatic heterocycles. The minimum Gasteiger partial charge on any atom is -0.334 e. The molecule has 3 rings (SSSR count). The van der Waals surface area contributed by atoms with E-state index in [0.717, 1.165) is 30.2 Å². The van der Waals surface area contributed by atoms with E-state index >= 15 is 0 Å². The number of carbonyl (C=O) groups excluding carboxylic acids is 1. The number of carbonyl (C=O) groups is 1. The predicted molar refractivity (Wildman–Crippen MR) is 68.5 cm³/mol. The highest BCUT2D eigenvalue weighted by Gasteiger charge is 2.20. The van der Waals surface area contributed by atoms with Gasteiger partial charge in [0.15, 0.2) is 0 Å². The van der Waals surface area contributed by atoms with Crippen LogP contribution < -0.4 is 0 Å². The van der Waals surface area contributed by atoms with Crippen LogP contribution in [0, 0.1) is 0 Å². The fourth-order valence-electron chi connectivity index (χ4n) is 2.16. The third kappa shape index (κ3) is 2.03. The summed E-state index contributed by atoms with van der Waals surface area (Å²) in [5, 5.41) is 2.86. The van der Waals surface area contributed by atoms with Crippen LogP contribution in [0.4, 0.5) is 0 Å². The SMILES string of the molecule is CN(Cc1nccs1)C(=O)c1cn2c(n1)CCC2. The molecule has 0 atom stereocenters. The predicted octanol–water partition coefficient (Wildman–Crippen LogP) is 1.56. The maximum atomic E-state index is 12.2. The van der Waals surface area contributed by atoms with E-state index in [4.69, 9.17) is 0 Å². The Labute approximate surface area is 109 Å². The number of nitrogens with zero attached hydrogens (tertiary/aromatic N) is 4. The Bertz CT molecular complexity index is 539. The first-order chi connectivity index (χ1) is 8.74. The number of thiazole rings is 1. The number of hydrogen-bond donors (Lipinski definition) is 0. The van der Waals surface area contributed by atoms with Gasteiger partial charge in [-0.1, -0.05) is 0 Å². The van der Waals surface area contributed by atoms with E-state index in [1.807, 2.05) is 11.6 Å². The lowest BCUT2D eigenvalue weighted by atomic mass is 10.3. The quantitative estimate of drug-likeness (QED) is 0.843. The van der Waals surface area contributed by atoms with Crippen molar-refractivity contribution in [1.82, 2.24) is 19.4 Å². The average molecular weight is 262 g/mol. The Morgan fingerprint density at radius 2 is 2.50 bits per heavy atom. The lowest BCUT2D eigenvalue weighted by Crippen LogP contribution is -2.26. The second-order valence-corrected chi connectivity index (χ2v) is 5.41. The molecule has 1 aliphatic heterocycles. The Balaban J connectivity index is 1.73. The second-order valence-electron chi connectivity index (χ2n) is 4.43. The lowest BCUT2D eigenvalue weighted by Gasteiger charge is -2.13. The molecule has 0 saturated heterocycles. The van der Waals surface area contributed by atoms with Gasteiger partial charge >= 0.3 is 0 Å². The van der Waals surface area contributed by atoms with Gasteiger partial charge in [0.1, 0.15) is 16.5 Å². The zero-order chi connectivity index (χ0) is 12.5. The highest BCUT2D eigenvalue weighted by molar-refractivity contribution is 7.09. The highest BCUT2D eigenvalue weighted by atomic mass is 32.1. The fraction of sp³-hybridized carbons (Fsp3) is 0.417. The van der Waals surface area contributed by atoms with Crippen LogP contribution in [0.2, 0.25) is 0 Å². The van der Waals surface area contributed by atoms with Crippen LogP contribution in [0.25, 0.3) is 0 Å². The van der Waals surface area contributed by atoms with Crippen molar-refractivity contribution in [1.29, 1.82) is 0 Å². The molecule has 0 radical (unpaired) electrons. The van der Waals surface area contributed by atoms with Crippen LogP contribution in [0.1, 0.15) is 27.7 Å². The third-order valence-corrected chi connectivity index (χ3v) is 3.84. The summed E-state index contributed by atoms with van der Waals surface area (Å²) in [5.74, 6) is 0.994. The largest absolute Gasteiger partial charge is 0.334 e. The van der Waals surface area contributed by atoms with Crippen molar-refractivity contribution >= 4 is 17.2 Å². The summed E-state index contributed by atoms with van der Waals surface area (Å²) < 4.78 is 2.07. The molecule has 94 valence electrons. The summed E-state index contributed by atoms with van der Waals surface area (Å²) in [5.41, 5.74) is 0.545. The molecule has 0 aliphatic carbocycles. The molecule has 0 saturated carbocycles. The number of amides is 1. The first-order valence-corrected chi connectivity index (χ1v) is 6.82. The Kier molecular flexibility index (Phi) is 2.87. The molecule has 0 bridgehead atoms. The lowest BCUT2D eigenvalue weighted by molar-refractivity contribution is 0.0779. The molecule has 0 unspecified atom stereocenters. The van der Waals surface area contributed by atoms with Gasteiger partial charge in [-0.15, -0.1) is 11.3 Å². The van der Waals surface area contributed by atoms with Gasteiger partial charge in [-0.2, -0.15) is 0 Å². The average Bonchev–Trinajstić information content (AvgIpc) is 3.02. The van der Waals surface area contributed by atoms with Crippen LogP contribution in [0.5, 0.6) is 0 Å². The van der Waals surface area contributed by atoms with E-state index < -0.39 is 0 Å². The molecule has 1 aliphatic rings. The molecule has 0 fully saturated rings. The zero-order valence-electron chi connectivity index (χ0n) is 10.2. The van der Waals surface area contributed by atoms with Crippen LogP contribution in [-0.2, 0) is 19.5 Å². The van der Waals surface area contributed by atoms with Crippen molar-refractivity contribution in [3.63, 3.8) is 0 Å². The van der Waals surface area contributed by atoms with Gasteiger partial charge in [0.05, 0.1) is 6.54 Å². The molecule has 5 nitrogen and oxygen atoms in total. The first-order valence-electron chi connectivity index (χ1n) is 5.94. The summed E-state index contributed by atoms with van der Waals surface area (Å²) >= 11 is 1.56. The van der Waals surface area contributed by atoms with Crippen LogP contribution >= 0.6 is 11.3 Å². The summed E-state index contributed by atoms with van der Waals surface area (Å²) in [6.45, 7) is 1.52. The highest BCUT2D eigenvalue weighted by Crippen LogP contribution is 2.16. The van der Waals surface area contributed by atoms with E-state index in [2.05, 4.69) is 14.5 Å². The summed E-state index contributed by atoms with van der Waals surface area (Å²) in [7, 11) is 1.79. The number of imidazole rings is 1. The number of hydrogen-bond acceptors (Lipinski definition) is 4. The summed E-state index contributed by atoms with van der Waals surface area (Å²) in [6.07, 6.45) is 5.72. The topological polar surface area (TPSA) is 51.0 Å². The summed E-state index contributed by atoms with van der Waals surface area (Å²) in [4.78, 5) is 22.4. The molecule has 6 heteroatoms. The van der Waals surface area contributed by atoms with E-state index in [1.54, 1.807) is 29.5 Å². The molecular formula is C12H14N4OS. The van der Waals surface area contributed by atoms with Crippen molar-refractivity contribution < 1.29 is 4.79 Å². The molecular weight excluding hydrogens is 248 g/mol. The van der Waals surface area contributed by atoms with Crippen molar-refractivity contribution in [2.75, 3.05) is 7.05 Å². The minimum absolute atomic E-state index is 0.0351. The standard InChI is InChI=1S/C12H14N4OS/c1-15(8-11-13-4-6-18-11)12(17)9-7-16-5-2-3-10(16)14-9/h4,6-7H,2-3,5,8H2,1H3. The summed E-state index contributed by atoms with van der Waals surface area (Å²) in [6, 6.07) is 0. The molecule has 0 N–H and O–H groups in total. The third-order valence-electron chi connectivity index (χ3n) is 3.08. The number of fused-ring (bicyclic) bond motifs is 1. The van der Waals surface area contributed by atoms with Gasteiger partial charge in [-0.25, -0.2) is 9.97 Å². The van der Waals surface area contributed by atoms with Crippen molar-refractivity contribution in [2.24, 2.45) is 0 Å². The van der Waals surface area contributed by atoms with Gasteiger partial charge in [-0.05, 0) is 6.42 Å². The van der Waals surface area contributed by atoms with E-state index in [-0.39, 0.29) is 5.91 Å². The molecule has 2 aromatic rings. The van der Waals surface area contributed by atoms with Crippen molar-refractivity contribution in [3.8, 4) is 0 Å². The first kappa shape index (κ1) is 11.4. The minimum atomic E-state index is -0.0351. The van der Waals surface area contributed by atoms with Gasteiger partial charge in [0.25, 0.3) is 5.91 Å². The van der Waals surface area contributed by atoms with Crippen LogP contribution in [0.3, 0.4) is 0 Å². The second kappa shape index (κ2) is 4.53. The molecule has 3 heterocycles. The van der Waals surface area contributed by atoms with E-state index in [0.29, 0.717) is 12.2 Å². The fourth-order valence-corrected chi connectivity index (χ4v) is 2.83. The van der Waals surface area contributed by atoms with Crippen molar-refractivity contribution in [3.05, 3.63) is 34.3 Å². The molecule has 18 heavy (non-hydrogen) atoms. The van der Waals surface area contributed by atoms with Gasteiger partial charge in [0.2, 0.25) is 0 Å².